The van der Waals surface area contributed by atoms with Crippen LogP contribution in [0.1, 0.15) is 31.9 Å². The summed E-state index contributed by atoms with van der Waals surface area (Å²) in [7, 11) is 0. The summed E-state index contributed by atoms with van der Waals surface area (Å²) in [6.07, 6.45) is 10.3. The van der Waals surface area contributed by atoms with Gasteiger partial charge in [0.25, 0.3) is 0 Å². The largest absolute Gasteiger partial charge is 0.366 e. The Balaban J connectivity index is 0.00000204. The number of hydrogen-bond donors (Lipinski definition) is 0. The molecule has 2 rings (SSSR count). The molecule has 0 amide bonds. The lowest BCUT2D eigenvalue weighted by atomic mass is 10.2. The summed E-state index contributed by atoms with van der Waals surface area (Å²) in [6, 6.07) is 12.7. The van der Waals surface area contributed by atoms with Crippen LogP contribution < -0.4 is 0 Å². The summed E-state index contributed by atoms with van der Waals surface area (Å²) in [5, 5.41) is 1.84. The number of halogens is 3. The predicted octanol–water partition coefficient (Wildman–Crippen LogP) is 7.93. The Bertz CT molecular complexity index is 853. The van der Waals surface area contributed by atoms with E-state index in [1.54, 1.807) is 30.4 Å². The lowest BCUT2D eigenvalue weighted by Crippen LogP contribution is -2.12. The molecule has 2 nitrogen and oxygen atoms in total. The molecule has 29 heavy (non-hydrogen) atoms. The molecule has 0 aliphatic rings. The van der Waals surface area contributed by atoms with E-state index in [-0.39, 0.29) is 18.5 Å². The highest BCUT2D eigenvalue weighted by molar-refractivity contribution is 6.35. The number of allylic oxidation sites excluding steroid dienone is 2. The second kappa shape index (κ2) is 14.2. The van der Waals surface area contributed by atoms with Crippen molar-refractivity contribution in [2.75, 3.05) is 6.61 Å². The average molecular weight is 452 g/mol. The zero-order valence-corrected chi connectivity index (χ0v) is 19.0. The maximum absolute atomic E-state index is 11.9. The third-order valence-electron chi connectivity index (χ3n) is 3.55. The van der Waals surface area contributed by atoms with Crippen molar-refractivity contribution in [3.63, 3.8) is 0 Å². The minimum atomic E-state index is -0.179. The molecule has 0 saturated carbocycles. The van der Waals surface area contributed by atoms with E-state index in [0.29, 0.717) is 15.1 Å². The molecule has 0 fully saturated rings. The highest BCUT2D eigenvalue weighted by Gasteiger charge is 2.01. The molecule has 0 radical (unpaired) electrons. The van der Waals surface area contributed by atoms with Gasteiger partial charge in [-0.2, -0.15) is 0 Å². The summed E-state index contributed by atoms with van der Waals surface area (Å²) in [5.41, 5.74) is 1.85. The molecule has 2 aromatic rings. The van der Waals surface area contributed by atoms with Crippen LogP contribution in [-0.2, 0) is 9.53 Å². The van der Waals surface area contributed by atoms with Gasteiger partial charge in [0.15, 0.2) is 5.78 Å². The Labute approximate surface area is 188 Å². The van der Waals surface area contributed by atoms with Gasteiger partial charge in [-0.25, -0.2) is 0 Å². The van der Waals surface area contributed by atoms with Crippen LogP contribution in [0.2, 0.25) is 15.1 Å². The first-order valence-corrected chi connectivity index (χ1v) is 10.5. The van der Waals surface area contributed by atoms with Gasteiger partial charge in [0.2, 0.25) is 0 Å². The molecule has 0 N–H and O–H groups in total. The summed E-state index contributed by atoms with van der Waals surface area (Å²) in [5.74, 6) is -0.117. The lowest BCUT2D eigenvalue weighted by molar-refractivity contribution is -0.119. The fourth-order valence-corrected chi connectivity index (χ4v) is 2.69. The average Bonchev–Trinajstić information content (AvgIpc) is 2.72. The number of ether oxygens (including phenoxy) is 1. The predicted molar refractivity (Wildman–Crippen MR) is 127 cm³/mol. The van der Waals surface area contributed by atoms with Crippen molar-refractivity contribution in [3.05, 3.63) is 93.0 Å². The zero-order valence-electron chi connectivity index (χ0n) is 16.7. The van der Waals surface area contributed by atoms with E-state index in [1.165, 1.54) is 6.08 Å². The minimum Gasteiger partial charge on any atom is -0.366 e. The maximum atomic E-state index is 11.9. The van der Waals surface area contributed by atoms with Gasteiger partial charge >= 0.3 is 0 Å². The van der Waals surface area contributed by atoms with Crippen LogP contribution in [0.15, 0.2) is 66.8 Å². The zero-order chi connectivity index (χ0) is 21.6. The highest BCUT2D eigenvalue weighted by atomic mass is 35.5. The highest BCUT2D eigenvalue weighted by Crippen LogP contribution is 2.21. The lowest BCUT2D eigenvalue weighted by Gasteiger charge is -2.06. The van der Waals surface area contributed by atoms with E-state index < -0.39 is 0 Å². The van der Waals surface area contributed by atoms with Crippen molar-refractivity contribution in [1.29, 1.82) is 0 Å². The third kappa shape index (κ3) is 10.5. The van der Waals surface area contributed by atoms with Crippen molar-refractivity contribution in [2.45, 2.75) is 26.9 Å². The topological polar surface area (TPSA) is 26.3 Å². The van der Waals surface area contributed by atoms with Gasteiger partial charge in [-0.05, 0) is 48.4 Å². The Kier molecular flexibility index (Phi) is 12.3. The van der Waals surface area contributed by atoms with Gasteiger partial charge in [0.05, 0.1) is 6.10 Å². The molecule has 0 aromatic heterocycles. The van der Waals surface area contributed by atoms with Crippen LogP contribution in [0, 0.1) is 0 Å². The van der Waals surface area contributed by atoms with Gasteiger partial charge in [-0.15, -0.1) is 0 Å². The van der Waals surface area contributed by atoms with Crippen molar-refractivity contribution < 1.29 is 9.53 Å². The Hall–Kier alpha value is -1.84. The standard InChI is InChI=1S/C22H19Cl3O2.C2H6/c1-16(6-7-17-8-11-19(23)12-9-17)27-15-21(26)5-3-2-4-18-10-13-20(24)14-22(18)25;1-2/h2-14,16H,15H2,1H3;1-2H3/b4-2+,5-3+,7-6-;. The normalized spacial score (nSPS) is 12.3. The molecule has 0 aliphatic carbocycles. The number of carbonyl (C=O) groups excluding carboxylic acids is 1. The fourth-order valence-electron chi connectivity index (χ4n) is 2.10. The van der Waals surface area contributed by atoms with Crippen LogP contribution in [0.5, 0.6) is 0 Å². The molecule has 154 valence electrons. The van der Waals surface area contributed by atoms with Gasteiger partial charge in [-0.3, -0.25) is 4.79 Å². The molecule has 1 atom stereocenters. The number of ketones is 1. The van der Waals surface area contributed by atoms with Crippen LogP contribution in [-0.4, -0.2) is 18.5 Å². The second-order valence-corrected chi connectivity index (χ2v) is 7.06. The molecule has 2 aromatic carbocycles. The van der Waals surface area contributed by atoms with Crippen LogP contribution in [0.3, 0.4) is 0 Å². The van der Waals surface area contributed by atoms with Crippen molar-refractivity contribution in [1.82, 2.24) is 0 Å². The minimum absolute atomic E-state index is 0.0121. The summed E-state index contributed by atoms with van der Waals surface area (Å²) in [4.78, 5) is 11.9. The van der Waals surface area contributed by atoms with E-state index in [4.69, 9.17) is 39.5 Å². The number of benzene rings is 2. The Morgan fingerprint density at radius 2 is 1.62 bits per heavy atom. The molecule has 0 aliphatic heterocycles. The first kappa shape index (κ1) is 25.2. The first-order chi connectivity index (χ1) is 13.9. The Morgan fingerprint density at radius 1 is 0.966 bits per heavy atom. The van der Waals surface area contributed by atoms with Gasteiger partial charge < -0.3 is 4.74 Å². The van der Waals surface area contributed by atoms with Crippen LogP contribution >= 0.6 is 34.8 Å². The molecule has 0 heterocycles. The molecule has 0 saturated heterocycles. The second-order valence-electron chi connectivity index (χ2n) is 5.78. The number of carbonyl (C=O) groups is 1. The van der Waals surface area contributed by atoms with Gasteiger partial charge in [0, 0.05) is 15.1 Å². The summed E-state index contributed by atoms with van der Waals surface area (Å²) >= 11 is 17.8. The van der Waals surface area contributed by atoms with E-state index in [1.807, 2.05) is 63.3 Å². The number of rotatable bonds is 8. The molecule has 0 bridgehead atoms. The van der Waals surface area contributed by atoms with E-state index in [0.717, 1.165) is 11.1 Å². The molecular weight excluding hydrogens is 427 g/mol. The van der Waals surface area contributed by atoms with Crippen LogP contribution in [0.4, 0.5) is 0 Å². The number of hydrogen-bond acceptors (Lipinski definition) is 2. The van der Waals surface area contributed by atoms with Gasteiger partial charge in [0.1, 0.15) is 6.61 Å². The molecular formula is C24H25Cl3O2. The summed E-state index contributed by atoms with van der Waals surface area (Å²) in [6.45, 7) is 5.89. The third-order valence-corrected chi connectivity index (χ3v) is 4.36. The van der Waals surface area contributed by atoms with E-state index in [2.05, 4.69) is 0 Å². The molecule has 1 unspecified atom stereocenters. The quantitative estimate of drug-likeness (QED) is 0.301. The van der Waals surface area contributed by atoms with E-state index >= 15 is 0 Å². The van der Waals surface area contributed by atoms with Crippen molar-refractivity contribution >= 4 is 52.7 Å². The SMILES string of the molecule is CC.CC(/C=C\c1ccc(Cl)cc1)OCC(=O)/C=C/C=C/c1ccc(Cl)cc1Cl. The monoisotopic (exact) mass is 450 g/mol. The van der Waals surface area contributed by atoms with Crippen LogP contribution in [0.25, 0.3) is 12.2 Å². The molecule has 0 spiro atoms. The van der Waals surface area contributed by atoms with Crippen molar-refractivity contribution in [2.24, 2.45) is 0 Å². The Morgan fingerprint density at radius 3 is 2.28 bits per heavy atom. The smallest absolute Gasteiger partial charge is 0.181 e. The maximum Gasteiger partial charge on any atom is 0.181 e. The fraction of sp³-hybridized carbons (Fsp3) is 0.208. The summed E-state index contributed by atoms with van der Waals surface area (Å²) < 4.78 is 5.52. The van der Waals surface area contributed by atoms with Crippen molar-refractivity contribution in [3.8, 4) is 0 Å². The molecule has 5 heteroatoms. The van der Waals surface area contributed by atoms with Gasteiger partial charge in [-0.1, -0.05) is 97.2 Å². The first-order valence-electron chi connectivity index (χ1n) is 9.32. The van der Waals surface area contributed by atoms with E-state index in [9.17, 15) is 4.79 Å².